The van der Waals surface area contributed by atoms with Crippen molar-refractivity contribution >= 4 is 28.5 Å². The molecule has 0 aliphatic rings. The summed E-state index contributed by atoms with van der Waals surface area (Å²) >= 11 is 6.36. The number of methoxy groups -OCH3 is 2. The average molecular weight is 377 g/mol. The standard InChI is InChI=1S/C18H21ClN4O3/c1-25-7-5-23(6-8-26-2)18(24)15-9-12(10-21-15)16-13-3-4-20-17(13)22-11-14(16)19/h3-4,9-11,21H,5-8H2,1-2H3,(H,20,22). The van der Waals surface area contributed by atoms with Crippen molar-refractivity contribution in [2.24, 2.45) is 0 Å². The highest BCUT2D eigenvalue weighted by atomic mass is 35.5. The SMILES string of the molecule is COCCN(CCOC)C(=O)c1cc(-c2c(Cl)cnc3[nH]ccc23)c[nH]1. The monoisotopic (exact) mass is 376 g/mol. The lowest BCUT2D eigenvalue weighted by atomic mass is 10.1. The first-order valence-electron chi connectivity index (χ1n) is 8.23. The van der Waals surface area contributed by atoms with E-state index in [1.165, 1.54) is 0 Å². The molecule has 3 rings (SSSR count). The molecule has 0 fully saturated rings. The molecular weight excluding hydrogens is 356 g/mol. The number of aromatic amines is 2. The molecule has 0 radical (unpaired) electrons. The van der Waals surface area contributed by atoms with Gasteiger partial charge in [-0.3, -0.25) is 4.79 Å². The molecule has 7 nitrogen and oxygen atoms in total. The van der Waals surface area contributed by atoms with Gasteiger partial charge in [-0.1, -0.05) is 11.6 Å². The topological polar surface area (TPSA) is 83.2 Å². The molecule has 0 aliphatic heterocycles. The molecule has 2 N–H and O–H groups in total. The maximum absolute atomic E-state index is 12.8. The van der Waals surface area contributed by atoms with Crippen LogP contribution in [0.25, 0.3) is 22.2 Å². The van der Waals surface area contributed by atoms with Crippen LogP contribution >= 0.6 is 11.6 Å². The van der Waals surface area contributed by atoms with Crippen LogP contribution in [0.2, 0.25) is 5.02 Å². The number of nitrogens with one attached hydrogen (secondary N) is 2. The molecule has 0 spiro atoms. The molecule has 0 bridgehead atoms. The molecule has 0 saturated carbocycles. The molecular formula is C18H21ClN4O3. The van der Waals surface area contributed by atoms with Crippen LogP contribution in [0.3, 0.4) is 0 Å². The van der Waals surface area contributed by atoms with Crippen molar-refractivity contribution < 1.29 is 14.3 Å². The van der Waals surface area contributed by atoms with Gasteiger partial charge in [0.05, 0.1) is 18.2 Å². The molecule has 1 amide bonds. The van der Waals surface area contributed by atoms with Crippen molar-refractivity contribution in [2.75, 3.05) is 40.5 Å². The van der Waals surface area contributed by atoms with Gasteiger partial charge in [-0.2, -0.15) is 0 Å². The van der Waals surface area contributed by atoms with E-state index in [1.807, 2.05) is 18.3 Å². The van der Waals surface area contributed by atoms with Crippen LogP contribution in [0.15, 0.2) is 30.7 Å². The predicted octanol–water partition coefficient (Wildman–Crippen LogP) is 2.95. The first-order chi connectivity index (χ1) is 12.7. The van der Waals surface area contributed by atoms with Gasteiger partial charge in [-0.15, -0.1) is 0 Å². The molecule has 138 valence electrons. The minimum Gasteiger partial charge on any atom is -0.383 e. The summed E-state index contributed by atoms with van der Waals surface area (Å²) in [7, 11) is 3.22. The second kappa shape index (κ2) is 8.35. The number of hydrogen-bond donors (Lipinski definition) is 2. The van der Waals surface area contributed by atoms with Crippen LogP contribution in [0, 0.1) is 0 Å². The van der Waals surface area contributed by atoms with E-state index in [-0.39, 0.29) is 5.91 Å². The predicted molar refractivity (Wildman–Crippen MR) is 101 cm³/mol. The lowest BCUT2D eigenvalue weighted by Gasteiger charge is -2.21. The Morgan fingerprint density at radius 3 is 2.65 bits per heavy atom. The molecule has 0 atom stereocenters. The van der Waals surface area contributed by atoms with Gasteiger partial charge >= 0.3 is 0 Å². The van der Waals surface area contributed by atoms with E-state index in [4.69, 9.17) is 21.1 Å². The molecule has 0 unspecified atom stereocenters. The number of carbonyl (C=O) groups is 1. The fourth-order valence-corrected chi connectivity index (χ4v) is 3.09. The number of pyridine rings is 1. The summed E-state index contributed by atoms with van der Waals surface area (Å²) in [6, 6.07) is 3.73. The van der Waals surface area contributed by atoms with Crippen molar-refractivity contribution in [3.63, 3.8) is 0 Å². The Kier molecular flexibility index (Phi) is 5.92. The number of amides is 1. The fourth-order valence-electron chi connectivity index (χ4n) is 2.83. The Balaban J connectivity index is 1.89. The first kappa shape index (κ1) is 18.4. The summed E-state index contributed by atoms with van der Waals surface area (Å²) in [6.07, 6.45) is 5.20. The molecule has 0 aromatic carbocycles. The van der Waals surface area contributed by atoms with Gasteiger partial charge < -0.3 is 24.3 Å². The quantitative estimate of drug-likeness (QED) is 0.633. The van der Waals surface area contributed by atoms with Gasteiger partial charge in [-0.25, -0.2) is 4.98 Å². The van der Waals surface area contributed by atoms with E-state index in [1.54, 1.807) is 31.5 Å². The van der Waals surface area contributed by atoms with E-state index in [2.05, 4.69) is 15.0 Å². The third-order valence-corrected chi connectivity index (χ3v) is 4.45. The van der Waals surface area contributed by atoms with E-state index in [0.29, 0.717) is 37.0 Å². The van der Waals surface area contributed by atoms with Crippen LogP contribution in [0.5, 0.6) is 0 Å². The maximum Gasteiger partial charge on any atom is 0.270 e. The molecule has 0 aliphatic carbocycles. The summed E-state index contributed by atoms with van der Waals surface area (Å²) in [5.74, 6) is -0.110. The summed E-state index contributed by atoms with van der Waals surface area (Å²) in [5.41, 5.74) is 2.92. The van der Waals surface area contributed by atoms with Crippen molar-refractivity contribution in [3.8, 4) is 11.1 Å². The van der Waals surface area contributed by atoms with E-state index in [0.717, 1.165) is 22.2 Å². The van der Waals surface area contributed by atoms with Gasteiger partial charge in [0.15, 0.2) is 0 Å². The third kappa shape index (κ3) is 3.75. The minimum absolute atomic E-state index is 0.110. The normalized spacial score (nSPS) is 11.2. The number of H-pyrrole nitrogens is 2. The van der Waals surface area contributed by atoms with Crippen molar-refractivity contribution in [1.29, 1.82) is 0 Å². The smallest absolute Gasteiger partial charge is 0.270 e. The first-order valence-corrected chi connectivity index (χ1v) is 8.61. The molecule has 3 heterocycles. The lowest BCUT2D eigenvalue weighted by Crippen LogP contribution is -2.36. The number of aromatic nitrogens is 3. The van der Waals surface area contributed by atoms with Crippen LogP contribution in [-0.2, 0) is 9.47 Å². The summed E-state index contributed by atoms with van der Waals surface area (Å²) < 4.78 is 10.2. The number of fused-ring (bicyclic) bond motifs is 1. The number of hydrogen-bond acceptors (Lipinski definition) is 4. The maximum atomic E-state index is 12.8. The lowest BCUT2D eigenvalue weighted by molar-refractivity contribution is 0.0622. The Labute approximate surface area is 156 Å². The third-order valence-electron chi connectivity index (χ3n) is 4.16. The zero-order valence-corrected chi connectivity index (χ0v) is 15.5. The Morgan fingerprint density at radius 1 is 1.23 bits per heavy atom. The molecule has 3 aromatic rings. The number of ether oxygens (including phenoxy) is 2. The number of nitrogens with zero attached hydrogens (tertiary/aromatic N) is 2. The second-order valence-electron chi connectivity index (χ2n) is 5.80. The van der Waals surface area contributed by atoms with Gasteiger partial charge in [0.2, 0.25) is 0 Å². The second-order valence-corrected chi connectivity index (χ2v) is 6.21. The van der Waals surface area contributed by atoms with Gasteiger partial charge in [-0.05, 0) is 12.1 Å². The van der Waals surface area contributed by atoms with Crippen LogP contribution in [0.1, 0.15) is 10.5 Å². The molecule has 26 heavy (non-hydrogen) atoms. The highest BCUT2D eigenvalue weighted by Gasteiger charge is 2.19. The van der Waals surface area contributed by atoms with Gasteiger partial charge in [0.25, 0.3) is 5.91 Å². The molecule has 0 saturated heterocycles. The van der Waals surface area contributed by atoms with Crippen molar-refractivity contribution in [2.45, 2.75) is 0 Å². The fraction of sp³-hybridized carbons (Fsp3) is 0.333. The molecule has 8 heteroatoms. The summed E-state index contributed by atoms with van der Waals surface area (Å²) in [6.45, 7) is 1.91. The van der Waals surface area contributed by atoms with Crippen LogP contribution < -0.4 is 0 Å². The van der Waals surface area contributed by atoms with Crippen LogP contribution in [-0.4, -0.2) is 66.3 Å². The zero-order chi connectivity index (χ0) is 18.5. The Hall–Kier alpha value is -2.35. The van der Waals surface area contributed by atoms with Gasteiger partial charge in [0.1, 0.15) is 11.3 Å². The minimum atomic E-state index is -0.110. The highest BCUT2D eigenvalue weighted by molar-refractivity contribution is 6.34. The number of halogens is 1. The van der Waals surface area contributed by atoms with E-state index < -0.39 is 0 Å². The Morgan fingerprint density at radius 2 is 1.96 bits per heavy atom. The summed E-state index contributed by atoms with van der Waals surface area (Å²) in [4.78, 5) is 24.9. The van der Waals surface area contributed by atoms with Gasteiger partial charge in [0, 0.05) is 62.4 Å². The van der Waals surface area contributed by atoms with E-state index in [9.17, 15) is 4.79 Å². The number of carbonyl (C=O) groups excluding carboxylic acids is 1. The molecule has 3 aromatic heterocycles. The largest absolute Gasteiger partial charge is 0.383 e. The highest BCUT2D eigenvalue weighted by Crippen LogP contribution is 2.34. The zero-order valence-electron chi connectivity index (χ0n) is 14.7. The van der Waals surface area contributed by atoms with E-state index >= 15 is 0 Å². The number of rotatable bonds is 8. The Bertz CT molecular complexity index is 882. The average Bonchev–Trinajstić information content (AvgIpc) is 3.30. The summed E-state index contributed by atoms with van der Waals surface area (Å²) in [5, 5.41) is 1.44. The van der Waals surface area contributed by atoms with Crippen molar-refractivity contribution in [1.82, 2.24) is 19.9 Å². The van der Waals surface area contributed by atoms with Crippen LogP contribution in [0.4, 0.5) is 0 Å². The van der Waals surface area contributed by atoms with Crippen molar-refractivity contribution in [3.05, 3.63) is 41.4 Å².